The number of hydrogen-bond acceptors (Lipinski definition) is 3. The van der Waals surface area contributed by atoms with Crippen LogP contribution in [0.5, 0.6) is 11.5 Å². The molecule has 0 bridgehead atoms. The van der Waals surface area contributed by atoms with Gasteiger partial charge in [-0.15, -0.1) is 0 Å². The maximum Gasteiger partial charge on any atom is 0.256 e. The van der Waals surface area contributed by atoms with E-state index in [0.717, 1.165) is 25.8 Å². The van der Waals surface area contributed by atoms with E-state index in [1.807, 2.05) is 19.9 Å². The topological polar surface area (TPSA) is 58.6 Å². The smallest absolute Gasteiger partial charge is 0.256 e. The van der Waals surface area contributed by atoms with Gasteiger partial charge in [-0.25, -0.2) is 0 Å². The molecule has 0 radical (unpaired) electrons. The third kappa shape index (κ3) is 2.84. The Labute approximate surface area is 156 Å². The molecule has 0 unspecified atom stereocenters. The van der Waals surface area contributed by atoms with Gasteiger partial charge in [0.2, 0.25) is 0 Å². The van der Waals surface area contributed by atoms with E-state index in [-0.39, 0.29) is 11.7 Å². The highest BCUT2D eigenvalue weighted by molar-refractivity contribution is 9.11. The minimum absolute atomic E-state index is 0.0276. The number of aromatic hydroxyl groups is 1. The summed E-state index contributed by atoms with van der Waals surface area (Å²) in [4.78, 5) is 12.4. The van der Waals surface area contributed by atoms with Gasteiger partial charge in [0.05, 0.1) is 17.9 Å². The van der Waals surface area contributed by atoms with Crippen molar-refractivity contribution in [3.63, 3.8) is 0 Å². The molecule has 2 aromatic rings. The third-order valence-electron chi connectivity index (χ3n) is 3.86. The van der Waals surface area contributed by atoms with E-state index in [4.69, 9.17) is 4.74 Å². The van der Waals surface area contributed by atoms with Crippen molar-refractivity contribution in [1.29, 1.82) is 0 Å². The normalized spacial score (nSPS) is 14.7. The van der Waals surface area contributed by atoms with Crippen LogP contribution < -0.4 is 10.1 Å². The summed E-state index contributed by atoms with van der Waals surface area (Å²) in [5.74, 6) is 0.227. The van der Waals surface area contributed by atoms with Gasteiger partial charge in [0, 0.05) is 20.1 Å². The average molecular weight is 453 g/mol. The molecule has 0 aromatic heterocycles. The number of phenolic OH excluding ortho intramolecular Hbond substituents is 1. The van der Waals surface area contributed by atoms with E-state index < -0.39 is 0 Å². The molecule has 1 amide bonds. The van der Waals surface area contributed by atoms with Crippen LogP contribution in [0.3, 0.4) is 0 Å². The van der Waals surface area contributed by atoms with Gasteiger partial charge < -0.3 is 15.2 Å². The van der Waals surface area contributed by atoms with Crippen LogP contribution in [0.2, 0.25) is 0 Å². The van der Waals surface area contributed by atoms with Gasteiger partial charge >= 0.3 is 0 Å². The summed E-state index contributed by atoms with van der Waals surface area (Å²) in [6.07, 6.45) is 1.69. The molecular weight excluding hydrogens is 438 g/mol. The first-order valence-corrected chi connectivity index (χ1v) is 8.99. The molecule has 0 spiro atoms. The van der Waals surface area contributed by atoms with E-state index >= 15 is 0 Å². The number of para-hydroxylation sites is 1. The number of nitrogens with one attached hydrogen (secondary N) is 1. The Morgan fingerprint density at radius 2 is 2.04 bits per heavy atom. The molecule has 1 aliphatic rings. The Morgan fingerprint density at radius 1 is 1.29 bits per heavy atom. The van der Waals surface area contributed by atoms with Crippen LogP contribution in [-0.2, 0) is 4.79 Å². The second-order valence-electron chi connectivity index (χ2n) is 5.35. The van der Waals surface area contributed by atoms with Gasteiger partial charge in [0.25, 0.3) is 5.91 Å². The summed E-state index contributed by atoms with van der Waals surface area (Å²) in [6.45, 7) is 4.25. The molecule has 0 saturated carbocycles. The van der Waals surface area contributed by atoms with Crippen molar-refractivity contribution in [3.05, 3.63) is 49.9 Å². The second kappa shape index (κ2) is 6.61. The number of amides is 1. The Balaban J connectivity index is 2.18. The fraction of sp³-hybridized carbons (Fsp3) is 0.167. The van der Waals surface area contributed by atoms with Crippen molar-refractivity contribution in [3.8, 4) is 11.5 Å². The molecule has 4 nitrogen and oxygen atoms in total. The first-order chi connectivity index (χ1) is 11.4. The van der Waals surface area contributed by atoms with Crippen molar-refractivity contribution in [2.45, 2.75) is 13.8 Å². The Bertz CT molecular complexity index is 875. The van der Waals surface area contributed by atoms with Crippen molar-refractivity contribution in [1.82, 2.24) is 0 Å². The predicted octanol–water partition coefficient (Wildman–Crippen LogP) is 5.12. The average Bonchev–Trinajstić information content (AvgIpc) is 2.87. The number of phenols is 1. The summed E-state index contributed by atoms with van der Waals surface area (Å²) >= 11 is 6.99. The summed E-state index contributed by atoms with van der Waals surface area (Å²) in [7, 11) is 0. The van der Waals surface area contributed by atoms with Gasteiger partial charge in [-0.05, 0) is 53.5 Å². The number of hydrogen-bond donors (Lipinski definition) is 2. The Hall–Kier alpha value is -1.79. The SMILES string of the molecule is CCOc1cccc(C=C2C(=O)Nc3c(Br)cc(Br)c(C)c32)c1O. The number of anilines is 1. The number of halogens is 2. The van der Waals surface area contributed by atoms with Gasteiger partial charge in [-0.3, -0.25) is 4.79 Å². The summed E-state index contributed by atoms with van der Waals surface area (Å²) < 4.78 is 7.12. The van der Waals surface area contributed by atoms with Gasteiger partial charge in [0.15, 0.2) is 11.5 Å². The highest BCUT2D eigenvalue weighted by atomic mass is 79.9. The first-order valence-electron chi connectivity index (χ1n) is 7.40. The van der Waals surface area contributed by atoms with Gasteiger partial charge in [-0.2, -0.15) is 0 Å². The van der Waals surface area contributed by atoms with Crippen LogP contribution in [0, 0.1) is 6.92 Å². The summed E-state index contributed by atoms with van der Waals surface area (Å²) in [6, 6.07) is 7.14. The molecule has 3 rings (SSSR count). The van der Waals surface area contributed by atoms with E-state index in [0.29, 0.717) is 23.5 Å². The van der Waals surface area contributed by atoms with Crippen LogP contribution in [0.15, 0.2) is 33.2 Å². The molecule has 2 aromatic carbocycles. The fourth-order valence-electron chi connectivity index (χ4n) is 2.69. The Morgan fingerprint density at radius 3 is 2.75 bits per heavy atom. The highest BCUT2D eigenvalue weighted by Crippen LogP contribution is 2.44. The zero-order chi connectivity index (χ0) is 17.4. The molecular formula is C18H15Br2NO3. The van der Waals surface area contributed by atoms with Crippen molar-refractivity contribution < 1.29 is 14.6 Å². The zero-order valence-corrected chi connectivity index (χ0v) is 16.3. The minimum Gasteiger partial charge on any atom is -0.504 e. The van der Waals surface area contributed by atoms with Gasteiger partial charge in [0.1, 0.15) is 0 Å². The molecule has 6 heteroatoms. The van der Waals surface area contributed by atoms with Crippen LogP contribution in [0.1, 0.15) is 23.6 Å². The lowest BCUT2D eigenvalue weighted by molar-refractivity contribution is -0.110. The van der Waals surface area contributed by atoms with Crippen LogP contribution in [-0.4, -0.2) is 17.6 Å². The van der Waals surface area contributed by atoms with Crippen LogP contribution in [0.25, 0.3) is 11.6 Å². The molecule has 2 N–H and O–H groups in total. The predicted molar refractivity (Wildman–Crippen MR) is 102 cm³/mol. The number of carbonyl (C=O) groups is 1. The molecule has 124 valence electrons. The molecule has 0 aliphatic carbocycles. The van der Waals surface area contributed by atoms with E-state index in [2.05, 4.69) is 37.2 Å². The quantitative estimate of drug-likeness (QED) is 0.635. The number of benzene rings is 2. The number of ether oxygens (including phenoxy) is 1. The van der Waals surface area contributed by atoms with Crippen LogP contribution in [0.4, 0.5) is 5.69 Å². The van der Waals surface area contributed by atoms with Crippen molar-refractivity contribution in [2.75, 3.05) is 11.9 Å². The van der Waals surface area contributed by atoms with E-state index in [1.54, 1.807) is 24.3 Å². The standard InChI is InChI=1S/C18H15Br2NO3/c1-3-24-14-6-4-5-10(17(14)22)7-11-15-9(2)12(19)8-13(20)16(15)21-18(11)23/h4-8,22H,3H2,1-2H3,(H,21,23). The number of fused-ring (bicyclic) bond motifs is 1. The number of carbonyl (C=O) groups excluding carboxylic acids is 1. The zero-order valence-electron chi connectivity index (χ0n) is 13.1. The van der Waals surface area contributed by atoms with Crippen molar-refractivity contribution >= 4 is 55.1 Å². The molecule has 0 saturated heterocycles. The maximum atomic E-state index is 12.4. The highest BCUT2D eigenvalue weighted by Gasteiger charge is 2.29. The lowest BCUT2D eigenvalue weighted by Crippen LogP contribution is -2.04. The summed E-state index contributed by atoms with van der Waals surface area (Å²) in [5.41, 5.74) is 3.57. The summed E-state index contributed by atoms with van der Waals surface area (Å²) in [5, 5.41) is 13.2. The van der Waals surface area contributed by atoms with Crippen molar-refractivity contribution in [2.24, 2.45) is 0 Å². The molecule has 0 atom stereocenters. The van der Waals surface area contributed by atoms with E-state index in [9.17, 15) is 9.90 Å². The minimum atomic E-state index is -0.201. The lowest BCUT2D eigenvalue weighted by Gasteiger charge is -2.10. The molecule has 0 fully saturated rings. The fourth-order valence-corrected chi connectivity index (χ4v) is 3.95. The maximum absolute atomic E-state index is 12.4. The van der Waals surface area contributed by atoms with E-state index in [1.165, 1.54) is 0 Å². The largest absolute Gasteiger partial charge is 0.504 e. The molecule has 1 aliphatic heterocycles. The Kier molecular flexibility index (Phi) is 4.69. The number of rotatable bonds is 3. The van der Waals surface area contributed by atoms with Crippen LogP contribution >= 0.6 is 31.9 Å². The monoisotopic (exact) mass is 451 g/mol. The molecule has 24 heavy (non-hydrogen) atoms. The lowest BCUT2D eigenvalue weighted by atomic mass is 9.99. The third-order valence-corrected chi connectivity index (χ3v) is 5.31. The second-order valence-corrected chi connectivity index (χ2v) is 7.06. The molecule has 1 heterocycles. The first kappa shape index (κ1) is 17.0. The van der Waals surface area contributed by atoms with Gasteiger partial charge in [-0.1, -0.05) is 28.1 Å².